The van der Waals surface area contributed by atoms with Gasteiger partial charge in [0.1, 0.15) is 0 Å². The van der Waals surface area contributed by atoms with Gasteiger partial charge >= 0.3 is 0 Å². The lowest BCUT2D eigenvalue weighted by Crippen LogP contribution is -2.53. The molecule has 2 heteroatoms. The molecule has 0 amide bonds. The fraction of sp³-hybridized carbons (Fsp3) is 0.438. The second kappa shape index (κ2) is 4.59. The predicted octanol–water partition coefficient (Wildman–Crippen LogP) is 2.92. The Morgan fingerprint density at radius 3 is 2.33 bits per heavy atom. The first kappa shape index (κ1) is 11.5. The molecule has 1 aromatic rings. The molecule has 1 N–H and O–H groups in total. The van der Waals surface area contributed by atoms with Crippen molar-refractivity contribution in [3.8, 4) is 6.07 Å². The maximum Gasteiger partial charge on any atom is 0.0852 e. The first-order valence-corrected chi connectivity index (χ1v) is 6.70. The molecule has 2 aliphatic carbocycles. The maximum absolute atomic E-state index is 9.48. The monoisotopic (exact) mass is 238 g/mol. The second-order valence-electron chi connectivity index (χ2n) is 5.47. The van der Waals surface area contributed by atoms with Crippen LogP contribution < -0.4 is 5.32 Å². The third-order valence-electron chi connectivity index (χ3n) is 4.21. The van der Waals surface area contributed by atoms with E-state index in [1.165, 1.54) is 5.56 Å². The largest absolute Gasteiger partial charge is 0.310 e. The van der Waals surface area contributed by atoms with Crippen molar-refractivity contribution in [2.75, 3.05) is 0 Å². The minimum absolute atomic E-state index is 0.245. The zero-order valence-corrected chi connectivity index (χ0v) is 10.5. The van der Waals surface area contributed by atoms with Crippen LogP contribution in [0.3, 0.4) is 0 Å². The molecule has 2 nitrogen and oxygen atoms in total. The van der Waals surface area contributed by atoms with E-state index in [1.807, 2.05) is 18.2 Å². The highest BCUT2D eigenvalue weighted by Crippen LogP contribution is 2.43. The summed E-state index contributed by atoms with van der Waals surface area (Å²) in [6.45, 7) is 0. The molecule has 3 rings (SSSR count). The standard InChI is InChI=1S/C16H18N2/c17-12-16(13-6-2-1-3-7-13)10-15(11-16)18-14-8-4-5-9-14/h1-7,14-15,18H,8-11H2. The molecule has 2 aliphatic rings. The van der Waals surface area contributed by atoms with Gasteiger partial charge in [-0.25, -0.2) is 0 Å². The fourth-order valence-corrected chi connectivity index (χ4v) is 3.13. The molecule has 0 bridgehead atoms. The summed E-state index contributed by atoms with van der Waals surface area (Å²) in [5, 5.41) is 13.1. The Morgan fingerprint density at radius 2 is 1.72 bits per heavy atom. The van der Waals surface area contributed by atoms with Gasteiger partial charge in [0, 0.05) is 12.1 Å². The van der Waals surface area contributed by atoms with Gasteiger partial charge in [0.05, 0.1) is 11.5 Å². The Balaban J connectivity index is 1.63. The Labute approximate surface area is 108 Å². The van der Waals surface area contributed by atoms with Gasteiger partial charge in [-0.3, -0.25) is 0 Å². The molecule has 0 saturated heterocycles. The summed E-state index contributed by atoms with van der Waals surface area (Å²) in [7, 11) is 0. The lowest BCUT2D eigenvalue weighted by atomic mass is 9.62. The van der Waals surface area contributed by atoms with E-state index < -0.39 is 0 Å². The smallest absolute Gasteiger partial charge is 0.0852 e. The topological polar surface area (TPSA) is 35.8 Å². The molecule has 0 spiro atoms. The van der Waals surface area contributed by atoms with E-state index in [2.05, 4.69) is 35.7 Å². The van der Waals surface area contributed by atoms with Crippen LogP contribution in [0.2, 0.25) is 0 Å². The van der Waals surface area contributed by atoms with E-state index in [0.717, 1.165) is 25.7 Å². The van der Waals surface area contributed by atoms with Crippen molar-refractivity contribution >= 4 is 0 Å². The first-order valence-electron chi connectivity index (χ1n) is 6.70. The quantitative estimate of drug-likeness (QED) is 0.822. The zero-order chi connectivity index (χ0) is 12.4. The molecule has 92 valence electrons. The van der Waals surface area contributed by atoms with Crippen molar-refractivity contribution in [2.45, 2.75) is 43.2 Å². The van der Waals surface area contributed by atoms with E-state index >= 15 is 0 Å². The van der Waals surface area contributed by atoms with Crippen molar-refractivity contribution in [3.05, 3.63) is 48.0 Å². The van der Waals surface area contributed by atoms with Crippen LogP contribution in [0.5, 0.6) is 0 Å². The maximum atomic E-state index is 9.48. The van der Waals surface area contributed by atoms with Crippen LogP contribution in [0.1, 0.15) is 31.2 Å². The van der Waals surface area contributed by atoms with Gasteiger partial charge in [-0.05, 0) is 31.2 Å². The Kier molecular flexibility index (Phi) is 2.93. The predicted molar refractivity (Wildman–Crippen MR) is 72.1 cm³/mol. The molecule has 0 aromatic heterocycles. The molecule has 1 aromatic carbocycles. The molecule has 18 heavy (non-hydrogen) atoms. The third kappa shape index (κ3) is 1.95. The zero-order valence-electron chi connectivity index (χ0n) is 10.5. The summed E-state index contributed by atoms with van der Waals surface area (Å²) >= 11 is 0. The summed E-state index contributed by atoms with van der Waals surface area (Å²) in [6, 6.07) is 13.9. The van der Waals surface area contributed by atoms with Crippen LogP contribution >= 0.6 is 0 Å². The van der Waals surface area contributed by atoms with Crippen LogP contribution in [-0.4, -0.2) is 12.1 Å². The molecule has 0 heterocycles. The summed E-state index contributed by atoms with van der Waals surface area (Å²) < 4.78 is 0. The molecule has 1 saturated carbocycles. The molecular formula is C16H18N2. The number of hydrogen-bond donors (Lipinski definition) is 1. The van der Waals surface area contributed by atoms with E-state index in [1.54, 1.807) is 0 Å². The van der Waals surface area contributed by atoms with E-state index in [0.29, 0.717) is 12.1 Å². The van der Waals surface area contributed by atoms with Gasteiger partial charge in [-0.2, -0.15) is 5.26 Å². The summed E-state index contributed by atoms with van der Waals surface area (Å²) in [4.78, 5) is 0. The highest BCUT2D eigenvalue weighted by atomic mass is 15.0. The highest BCUT2D eigenvalue weighted by molar-refractivity contribution is 5.37. The molecule has 0 atom stereocenters. The molecule has 0 radical (unpaired) electrons. The lowest BCUT2D eigenvalue weighted by molar-refractivity contribution is 0.211. The normalized spacial score (nSPS) is 30.9. The number of benzene rings is 1. The summed E-state index contributed by atoms with van der Waals surface area (Å²) in [5.41, 5.74) is 0.931. The fourth-order valence-electron chi connectivity index (χ4n) is 3.13. The van der Waals surface area contributed by atoms with Gasteiger partial charge in [0.25, 0.3) is 0 Å². The molecule has 0 unspecified atom stereocenters. The van der Waals surface area contributed by atoms with Gasteiger partial charge in [0.15, 0.2) is 0 Å². The van der Waals surface area contributed by atoms with Gasteiger partial charge in [-0.1, -0.05) is 42.5 Å². The highest BCUT2D eigenvalue weighted by Gasteiger charge is 2.46. The van der Waals surface area contributed by atoms with Gasteiger partial charge < -0.3 is 5.32 Å². The lowest BCUT2D eigenvalue weighted by Gasteiger charge is -2.44. The van der Waals surface area contributed by atoms with Crippen molar-refractivity contribution in [1.82, 2.24) is 5.32 Å². The molecular weight excluding hydrogens is 220 g/mol. The molecule has 1 fully saturated rings. The van der Waals surface area contributed by atoms with Crippen LogP contribution in [0, 0.1) is 11.3 Å². The number of hydrogen-bond acceptors (Lipinski definition) is 2. The van der Waals surface area contributed by atoms with Crippen LogP contribution in [-0.2, 0) is 5.41 Å². The van der Waals surface area contributed by atoms with Crippen LogP contribution in [0.4, 0.5) is 0 Å². The third-order valence-corrected chi connectivity index (χ3v) is 4.21. The Morgan fingerprint density at radius 1 is 1.06 bits per heavy atom. The van der Waals surface area contributed by atoms with Crippen LogP contribution in [0.15, 0.2) is 42.5 Å². The van der Waals surface area contributed by atoms with Gasteiger partial charge in [0.2, 0.25) is 0 Å². The number of nitriles is 1. The Hall–Kier alpha value is -1.59. The van der Waals surface area contributed by atoms with Crippen molar-refractivity contribution < 1.29 is 0 Å². The first-order chi connectivity index (χ1) is 8.82. The SMILES string of the molecule is N#CC1(c2ccccc2)CC(NC2CC=CC2)C1. The summed E-state index contributed by atoms with van der Waals surface area (Å²) in [5.74, 6) is 0. The minimum Gasteiger partial charge on any atom is -0.310 e. The average molecular weight is 238 g/mol. The molecule has 0 aliphatic heterocycles. The second-order valence-corrected chi connectivity index (χ2v) is 5.47. The number of nitrogens with one attached hydrogen (secondary N) is 1. The van der Waals surface area contributed by atoms with E-state index in [4.69, 9.17) is 0 Å². The van der Waals surface area contributed by atoms with Crippen molar-refractivity contribution in [3.63, 3.8) is 0 Å². The number of nitrogens with zero attached hydrogens (tertiary/aromatic N) is 1. The Bertz CT molecular complexity index is 470. The average Bonchev–Trinajstić information content (AvgIpc) is 2.87. The van der Waals surface area contributed by atoms with Crippen molar-refractivity contribution in [2.24, 2.45) is 0 Å². The minimum atomic E-state index is -0.245. The van der Waals surface area contributed by atoms with Gasteiger partial charge in [-0.15, -0.1) is 0 Å². The van der Waals surface area contributed by atoms with Crippen molar-refractivity contribution in [1.29, 1.82) is 5.26 Å². The number of rotatable bonds is 3. The van der Waals surface area contributed by atoms with E-state index in [9.17, 15) is 5.26 Å². The summed E-state index contributed by atoms with van der Waals surface area (Å²) in [6.07, 6.45) is 8.66. The van der Waals surface area contributed by atoms with E-state index in [-0.39, 0.29) is 5.41 Å². The van der Waals surface area contributed by atoms with Crippen LogP contribution in [0.25, 0.3) is 0 Å².